The van der Waals surface area contributed by atoms with E-state index in [2.05, 4.69) is 20.4 Å². The van der Waals surface area contributed by atoms with Crippen LogP contribution < -0.4 is 10.6 Å². The van der Waals surface area contributed by atoms with Crippen molar-refractivity contribution in [3.8, 4) is 0 Å². The highest BCUT2D eigenvalue weighted by atomic mass is 127. The van der Waals surface area contributed by atoms with Crippen molar-refractivity contribution >= 4 is 29.9 Å². The first-order valence-electron chi connectivity index (χ1n) is 13.0. The molecule has 8 heteroatoms. The Kier molecular flexibility index (Phi) is 12.3. The molecule has 0 unspecified atom stereocenters. The minimum absolute atomic E-state index is 0. The van der Waals surface area contributed by atoms with Gasteiger partial charge in [0, 0.05) is 64.3 Å². The number of piperidine rings is 1. The van der Waals surface area contributed by atoms with Gasteiger partial charge in [-0.05, 0) is 44.2 Å². The first-order chi connectivity index (χ1) is 15.9. The van der Waals surface area contributed by atoms with Gasteiger partial charge in [0.2, 0.25) is 0 Å². The number of ether oxygens (including phenoxy) is 1. The minimum atomic E-state index is 0. The predicted molar refractivity (Wildman–Crippen MR) is 145 cm³/mol. The second kappa shape index (κ2) is 15.2. The van der Waals surface area contributed by atoms with E-state index in [1.807, 2.05) is 12.1 Å². The molecule has 4 rings (SSSR count). The van der Waals surface area contributed by atoms with Crippen molar-refractivity contribution in [2.24, 2.45) is 4.99 Å². The van der Waals surface area contributed by atoms with E-state index in [0.29, 0.717) is 6.04 Å². The van der Waals surface area contributed by atoms with Gasteiger partial charge in [0.05, 0.1) is 19.5 Å². The molecule has 2 saturated heterocycles. The fourth-order valence-corrected chi connectivity index (χ4v) is 5.27. The Morgan fingerprint density at radius 2 is 1.82 bits per heavy atom. The highest BCUT2D eigenvalue weighted by molar-refractivity contribution is 14.0. The second-order valence-corrected chi connectivity index (χ2v) is 9.54. The summed E-state index contributed by atoms with van der Waals surface area (Å²) in [5.41, 5.74) is 0. The maximum atomic E-state index is 5.48. The van der Waals surface area contributed by atoms with Gasteiger partial charge < -0.3 is 24.7 Å². The average molecular weight is 574 g/mol. The predicted octanol–water partition coefficient (Wildman–Crippen LogP) is 3.49. The summed E-state index contributed by atoms with van der Waals surface area (Å²) < 4.78 is 10.9. The Morgan fingerprint density at radius 1 is 1.03 bits per heavy atom. The van der Waals surface area contributed by atoms with Gasteiger partial charge in [-0.25, -0.2) is 0 Å². The van der Waals surface area contributed by atoms with Crippen LogP contribution in [0, 0.1) is 0 Å². The summed E-state index contributed by atoms with van der Waals surface area (Å²) in [5.74, 6) is 1.99. The molecule has 3 heterocycles. The Bertz CT molecular complexity index is 652. The summed E-state index contributed by atoms with van der Waals surface area (Å²) in [6, 6.07) is 5.34. The molecule has 3 aliphatic rings. The van der Waals surface area contributed by atoms with Crippen LogP contribution in [0.2, 0.25) is 0 Å². The molecule has 2 aliphatic heterocycles. The topological polar surface area (TPSA) is 65.3 Å². The average Bonchev–Trinajstić information content (AvgIpc) is 3.37. The number of rotatable bonds is 9. The van der Waals surface area contributed by atoms with E-state index >= 15 is 0 Å². The molecule has 3 fully saturated rings. The van der Waals surface area contributed by atoms with Crippen LogP contribution in [0.4, 0.5) is 0 Å². The van der Waals surface area contributed by atoms with Gasteiger partial charge in [-0.2, -0.15) is 0 Å². The summed E-state index contributed by atoms with van der Waals surface area (Å²) in [6.45, 7) is 9.07. The summed E-state index contributed by atoms with van der Waals surface area (Å²) >= 11 is 0. The van der Waals surface area contributed by atoms with Crippen LogP contribution in [0.25, 0.3) is 0 Å². The zero-order chi connectivity index (χ0) is 21.8. The standard InChI is InChI=1S/C25H43N5O2.HI/c1-2-6-23(7-3-1)30-15-10-22(11-16-30)28-25(27-13-9-24-8-4-19-32-24)26-12-5-14-29-17-20-31-21-18-29;/h4,8,19,22-23H,1-3,5-7,9-18,20-21H2,(H2,26,27,28);1H. The lowest BCUT2D eigenvalue weighted by molar-refractivity contribution is 0.0377. The molecule has 1 aromatic rings. The van der Waals surface area contributed by atoms with Crippen LogP contribution in [0.15, 0.2) is 27.8 Å². The Balaban J connectivity index is 0.00000306. The number of guanidine groups is 1. The van der Waals surface area contributed by atoms with E-state index in [-0.39, 0.29) is 24.0 Å². The molecule has 0 amide bonds. The van der Waals surface area contributed by atoms with Gasteiger partial charge in [-0.1, -0.05) is 19.3 Å². The van der Waals surface area contributed by atoms with Crippen LogP contribution >= 0.6 is 24.0 Å². The van der Waals surface area contributed by atoms with E-state index in [4.69, 9.17) is 14.1 Å². The quantitative estimate of drug-likeness (QED) is 0.204. The molecule has 7 nitrogen and oxygen atoms in total. The van der Waals surface area contributed by atoms with Crippen LogP contribution in [0.5, 0.6) is 0 Å². The number of halogens is 1. The van der Waals surface area contributed by atoms with Gasteiger partial charge in [-0.15, -0.1) is 24.0 Å². The largest absolute Gasteiger partial charge is 0.469 e. The molecule has 0 radical (unpaired) electrons. The number of aliphatic imine (C=N–C) groups is 1. The monoisotopic (exact) mass is 573 g/mol. The van der Waals surface area contributed by atoms with Gasteiger partial charge in [0.15, 0.2) is 5.96 Å². The number of furan rings is 1. The van der Waals surface area contributed by atoms with Gasteiger partial charge >= 0.3 is 0 Å². The Hall–Kier alpha value is -0.840. The van der Waals surface area contributed by atoms with E-state index < -0.39 is 0 Å². The van der Waals surface area contributed by atoms with Crippen LogP contribution in [0.1, 0.15) is 57.1 Å². The van der Waals surface area contributed by atoms with Crippen molar-refractivity contribution in [1.29, 1.82) is 0 Å². The second-order valence-electron chi connectivity index (χ2n) is 9.54. The lowest BCUT2D eigenvalue weighted by Gasteiger charge is -2.39. The Morgan fingerprint density at radius 3 is 2.55 bits per heavy atom. The molecule has 33 heavy (non-hydrogen) atoms. The van der Waals surface area contributed by atoms with E-state index in [0.717, 1.165) is 76.5 Å². The van der Waals surface area contributed by atoms with Crippen molar-refractivity contribution in [3.63, 3.8) is 0 Å². The molecular formula is C25H44IN5O2. The number of nitrogens with zero attached hydrogens (tertiary/aromatic N) is 3. The van der Waals surface area contributed by atoms with Gasteiger partial charge in [0.1, 0.15) is 5.76 Å². The van der Waals surface area contributed by atoms with E-state index in [9.17, 15) is 0 Å². The molecule has 1 saturated carbocycles. The first-order valence-corrected chi connectivity index (χ1v) is 13.0. The fraction of sp³-hybridized carbons (Fsp3) is 0.800. The number of hydrogen-bond donors (Lipinski definition) is 2. The van der Waals surface area contributed by atoms with E-state index in [1.165, 1.54) is 58.0 Å². The zero-order valence-electron chi connectivity index (χ0n) is 20.2. The summed E-state index contributed by atoms with van der Waals surface area (Å²) in [7, 11) is 0. The third kappa shape index (κ3) is 9.38. The molecule has 1 aromatic heterocycles. The third-order valence-electron chi connectivity index (χ3n) is 7.21. The summed E-state index contributed by atoms with van der Waals surface area (Å²) in [6.07, 6.45) is 13.2. The van der Waals surface area contributed by atoms with Crippen molar-refractivity contribution in [1.82, 2.24) is 20.4 Å². The lowest BCUT2D eigenvalue weighted by Crippen LogP contribution is -2.51. The Labute approximate surface area is 217 Å². The third-order valence-corrected chi connectivity index (χ3v) is 7.21. The number of nitrogens with one attached hydrogen (secondary N) is 2. The molecule has 188 valence electrons. The summed E-state index contributed by atoms with van der Waals surface area (Å²) in [5, 5.41) is 7.30. The van der Waals surface area contributed by atoms with Crippen molar-refractivity contribution < 1.29 is 9.15 Å². The number of morpholine rings is 1. The van der Waals surface area contributed by atoms with Crippen molar-refractivity contribution in [2.45, 2.75) is 69.9 Å². The zero-order valence-corrected chi connectivity index (χ0v) is 22.5. The number of hydrogen-bond acceptors (Lipinski definition) is 5. The molecule has 0 bridgehead atoms. The van der Waals surface area contributed by atoms with Gasteiger partial charge in [0.25, 0.3) is 0 Å². The normalized spacial score (nSPS) is 22.1. The first kappa shape index (κ1) is 26.8. The molecule has 1 aliphatic carbocycles. The van der Waals surface area contributed by atoms with Crippen molar-refractivity contribution in [2.75, 3.05) is 59.0 Å². The fourth-order valence-electron chi connectivity index (χ4n) is 5.27. The molecule has 0 aromatic carbocycles. The molecular weight excluding hydrogens is 529 g/mol. The smallest absolute Gasteiger partial charge is 0.191 e. The lowest BCUT2D eigenvalue weighted by atomic mass is 9.92. The number of likely N-dealkylation sites (tertiary alicyclic amines) is 1. The van der Waals surface area contributed by atoms with Crippen LogP contribution in [-0.2, 0) is 11.2 Å². The highest BCUT2D eigenvalue weighted by Crippen LogP contribution is 2.25. The highest BCUT2D eigenvalue weighted by Gasteiger charge is 2.26. The van der Waals surface area contributed by atoms with Crippen LogP contribution in [0.3, 0.4) is 0 Å². The van der Waals surface area contributed by atoms with Gasteiger partial charge in [-0.3, -0.25) is 9.89 Å². The summed E-state index contributed by atoms with van der Waals surface area (Å²) in [4.78, 5) is 10.2. The SMILES string of the molecule is I.c1coc(CCNC(=NCCCN2CCOCC2)NC2CCN(C3CCCCC3)CC2)c1. The maximum absolute atomic E-state index is 5.48. The molecule has 0 atom stereocenters. The van der Waals surface area contributed by atoms with Crippen LogP contribution in [-0.4, -0.2) is 86.9 Å². The van der Waals surface area contributed by atoms with Crippen molar-refractivity contribution in [3.05, 3.63) is 24.2 Å². The molecule has 2 N–H and O–H groups in total. The van der Waals surface area contributed by atoms with E-state index in [1.54, 1.807) is 6.26 Å². The minimum Gasteiger partial charge on any atom is -0.469 e. The molecule has 0 spiro atoms. The maximum Gasteiger partial charge on any atom is 0.191 e.